The summed E-state index contributed by atoms with van der Waals surface area (Å²) < 4.78 is 5.01. The molecule has 2 radical (unpaired) electrons. The van der Waals surface area contributed by atoms with Crippen molar-refractivity contribution in [3.8, 4) is 5.75 Å². The van der Waals surface area contributed by atoms with Crippen LogP contribution in [0.2, 0.25) is 0 Å². The van der Waals surface area contributed by atoms with Gasteiger partial charge in [-0.2, -0.15) is 0 Å². The van der Waals surface area contributed by atoms with Gasteiger partial charge in [0, 0.05) is 0 Å². The average Bonchev–Trinajstić information content (AvgIpc) is 2.05. The quantitative estimate of drug-likeness (QED) is 0.626. The maximum absolute atomic E-state index is 5.66. The molecule has 0 aromatic heterocycles. The molecule has 11 heavy (non-hydrogen) atoms. The zero-order chi connectivity index (χ0) is 8.27. The molecule has 1 unspecified atom stereocenters. The van der Waals surface area contributed by atoms with Gasteiger partial charge in [0.25, 0.3) is 0 Å². The van der Waals surface area contributed by atoms with Gasteiger partial charge in [0.05, 0.1) is 7.11 Å². The molecule has 1 aromatic carbocycles. The van der Waals surface area contributed by atoms with Crippen molar-refractivity contribution in [2.45, 2.75) is 12.8 Å². The van der Waals surface area contributed by atoms with Gasteiger partial charge in [0.15, 0.2) is 0 Å². The molecule has 0 aliphatic rings. The van der Waals surface area contributed by atoms with Gasteiger partial charge in [-0.15, -0.1) is 0 Å². The van der Waals surface area contributed by atoms with Crippen molar-refractivity contribution in [3.63, 3.8) is 0 Å². The maximum Gasteiger partial charge on any atom is 0.118 e. The summed E-state index contributed by atoms with van der Waals surface area (Å²) in [4.78, 5) is 0. The van der Waals surface area contributed by atoms with E-state index in [4.69, 9.17) is 11.7 Å². The second-order valence-electron chi connectivity index (χ2n) is 2.56. The van der Waals surface area contributed by atoms with Gasteiger partial charge >= 0.3 is 0 Å². The molecule has 0 bridgehead atoms. The maximum atomic E-state index is 5.66. The second kappa shape index (κ2) is 3.42. The van der Waals surface area contributed by atoms with Crippen LogP contribution in [0.3, 0.4) is 0 Å². The highest BCUT2D eigenvalue weighted by atomic mass is 16.5. The fourth-order valence-corrected chi connectivity index (χ4v) is 0.907. The van der Waals surface area contributed by atoms with Crippen LogP contribution < -0.4 is 4.74 Å². The minimum Gasteiger partial charge on any atom is -0.497 e. The van der Waals surface area contributed by atoms with E-state index in [1.807, 2.05) is 31.2 Å². The summed E-state index contributed by atoms with van der Waals surface area (Å²) in [6.07, 6.45) is 0. The van der Waals surface area contributed by atoms with E-state index in [0.717, 1.165) is 11.3 Å². The van der Waals surface area contributed by atoms with E-state index in [9.17, 15) is 0 Å². The Bertz CT molecular complexity index is 211. The van der Waals surface area contributed by atoms with E-state index in [-0.39, 0.29) is 5.92 Å². The third kappa shape index (κ3) is 1.97. The van der Waals surface area contributed by atoms with Gasteiger partial charge in [-0.3, -0.25) is 0 Å². The van der Waals surface area contributed by atoms with Crippen LogP contribution in [-0.4, -0.2) is 7.11 Å². The summed E-state index contributed by atoms with van der Waals surface area (Å²) in [5, 5.41) is 0. The normalized spacial score (nSPS) is 10.2. The summed E-state index contributed by atoms with van der Waals surface area (Å²) in [5.41, 5.74) is 1.13. The first-order chi connectivity index (χ1) is 5.24. The number of hydrogen-bond acceptors (Lipinski definition) is 1. The van der Waals surface area contributed by atoms with Crippen LogP contribution in [0.4, 0.5) is 0 Å². The van der Waals surface area contributed by atoms with Gasteiger partial charge in [-0.1, -0.05) is 19.1 Å². The topological polar surface area (TPSA) is 9.23 Å². The molecular weight excluding hydrogens is 136 g/mol. The Hall–Kier alpha value is -0.980. The average molecular weight is 148 g/mol. The van der Waals surface area contributed by atoms with E-state index in [2.05, 4.69) is 0 Å². The smallest absolute Gasteiger partial charge is 0.118 e. The highest BCUT2D eigenvalue weighted by Crippen LogP contribution is 2.17. The zero-order valence-electron chi connectivity index (χ0n) is 6.87. The lowest BCUT2D eigenvalue weighted by Gasteiger charge is -2.05. The van der Waals surface area contributed by atoms with Crippen LogP contribution in [0.15, 0.2) is 24.3 Å². The van der Waals surface area contributed by atoms with Gasteiger partial charge in [-0.05, 0) is 30.5 Å². The molecule has 1 aromatic rings. The first kappa shape index (κ1) is 8.12. The van der Waals surface area contributed by atoms with Gasteiger partial charge in [-0.25, -0.2) is 0 Å². The number of benzene rings is 1. The molecule has 0 aliphatic carbocycles. The molecule has 1 heteroatoms. The summed E-state index contributed by atoms with van der Waals surface area (Å²) >= 11 is 0. The van der Waals surface area contributed by atoms with E-state index in [0.29, 0.717) is 0 Å². The van der Waals surface area contributed by atoms with E-state index in [1.165, 1.54) is 0 Å². The molecule has 1 atom stereocenters. The summed E-state index contributed by atoms with van der Waals surface area (Å²) in [5.74, 6) is 0.968. The number of rotatable bonds is 2. The molecule has 58 valence electrons. The SMILES string of the molecule is [CH]C(C)c1ccc(OC)cc1. The van der Waals surface area contributed by atoms with Crippen molar-refractivity contribution in [1.82, 2.24) is 0 Å². The van der Waals surface area contributed by atoms with Crippen LogP contribution in [0, 0.1) is 6.92 Å². The highest BCUT2D eigenvalue weighted by Gasteiger charge is 1.97. The second-order valence-corrected chi connectivity index (χ2v) is 2.56. The van der Waals surface area contributed by atoms with Crippen LogP contribution in [-0.2, 0) is 0 Å². The van der Waals surface area contributed by atoms with E-state index < -0.39 is 0 Å². The summed E-state index contributed by atoms with van der Waals surface area (Å²) in [7, 11) is 1.65. The number of hydrogen-bond donors (Lipinski definition) is 0. The Kier molecular flexibility index (Phi) is 2.53. The fourth-order valence-electron chi connectivity index (χ4n) is 0.907. The van der Waals surface area contributed by atoms with Crippen LogP contribution in [0.1, 0.15) is 18.4 Å². The molecule has 1 nitrogen and oxygen atoms in total. The lowest BCUT2D eigenvalue weighted by atomic mass is 10.0. The third-order valence-electron chi connectivity index (χ3n) is 1.64. The molecule has 0 aliphatic heterocycles. The minimum absolute atomic E-state index is 0.0981. The van der Waals surface area contributed by atoms with Crippen molar-refractivity contribution in [3.05, 3.63) is 36.8 Å². The molecule has 0 saturated heterocycles. The molecule has 0 N–H and O–H groups in total. The molecule has 1 rings (SSSR count). The van der Waals surface area contributed by atoms with Crippen molar-refractivity contribution in [1.29, 1.82) is 0 Å². The molecule has 0 saturated carbocycles. The Morgan fingerprint density at radius 1 is 1.27 bits per heavy atom. The first-order valence-electron chi connectivity index (χ1n) is 3.63. The van der Waals surface area contributed by atoms with Crippen molar-refractivity contribution >= 4 is 0 Å². The fraction of sp³-hybridized carbons (Fsp3) is 0.300. The third-order valence-corrected chi connectivity index (χ3v) is 1.64. The Labute approximate surface area is 68.0 Å². The van der Waals surface area contributed by atoms with E-state index >= 15 is 0 Å². The molecule has 0 fully saturated rings. The largest absolute Gasteiger partial charge is 0.497 e. The lowest BCUT2D eigenvalue weighted by Crippen LogP contribution is -1.87. The van der Waals surface area contributed by atoms with Crippen molar-refractivity contribution < 1.29 is 4.74 Å². The minimum atomic E-state index is 0.0981. The predicted molar refractivity (Wildman–Crippen MR) is 45.7 cm³/mol. The Morgan fingerprint density at radius 2 is 1.82 bits per heavy atom. The van der Waals surface area contributed by atoms with Crippen molar-refractivity contribution in [2.75, 3.05) is 7.11 Å². The summed E-state index contributed by atoms with van der Waals surface area (Å²) in [6, 6.07) is 7.78. The van der Waals surface area contributed by atoms with E-state index in [1.54, 1.807) is 7.11 Å². The zero-order valence-corrected chi connectivity index (χ0v) is 6.87. The molecule has 0 heterocycles. The highest BCUT2D eigenvalue weighted by molar-refractivity contribution is 5.29. The van der Waals surface area contributed by atoms with Crippen molar-refractivity contribution in [2.24, 2.45) is 0 Å². The van der Waals surface area contributed by atoms with Crippen LogP contribution >= 0.6 is 0 Å². The van der Waals surface area contributed by atoms with Gasteiger partial charge in [0.1, 0.15) is 5.75 Å². The predicted octanol–water partition coefficient (Wildman–Crippen LogP) is 2.51. The Balaban J connectivity index is 2.83. The van der Waals surface area contributed by atoms with Gasteiger partial charge < -0.3 is 4.74 Å². The Morgan fingerprint density at radius 3 is 2.18 bits per heavy atom. The number of methoxy groups -OCH3 is 1. The summed E-state index contributed by atoms with van der Waals surface area (Å²) in [6.45, 7) is 7.62. The molecular formula is C10H12O. The monoisotopic (exact) mass is 148 g/mol. The van der Waals surface area contributed by atoms with Crippen LogP contribution in [0.5, 0.6) is 5.75 Å². The lowest BCUT2D eigenvalue weighted by molar-refractivity contribution is 0.414. The van der Waals surface area contributed by atoms with Gasteiger partial charge in [0.2, 0.25) is 0 Å². The molecule has 0 spiro atoms. The standard InChI is InChI=1S/C10H12O/c1-8(2)9-4-6-10(11-3)7-5-9/h1,4-8H,2-3H3. The number of ether oxygens (including phenoxy) is 1. The van der Waals surface area contributed by atoms with Crippen LogP contribution in [0.25, 0.3) is 0 Å². The molecule has 0 amide bonds. The first-order valence-corrected chi connectivity index (χ1v) is 3.63.